The van der Waals surface area contributed by atoms with Gasteiger partial charge in [-0.05, 0) is 5.92 Å². The zero-order valence-corrected chi connectivity index (χ0v) is 12.6. The molecule has 1 atom stereocenters. The van der Waals surface area contributed by atoms with Crippen molar-refractivity contribution in [2.24, 2.45) is 10.9 Å². The van der Waals surface area contributed by atoms with Crippen molar-refractivity contribution in [3.05, 3.63) is 11.6 Å². The van der Waals surface area contributed by atoms with E-state index in [9.17, 15) is 0 Å². The summed E-state index contributed by atoms with van der Waals surface area (Å²) in [5, 5.41) is 0. The first-order chi connectivity index (χ1) is 10.2. The van der Waals surface area contributed by atoms with Gasteiger partial charge in [-0.25, -0.2) is 4.99 Å². The first kappa shape index (κ1) is 13.9. The molecule has 0 fully saturated rings. The van der Waals surface area contributed by atoms with E-state index in [0.29, 0.717) is 41.4 Å². The van der Waals surface area contributed by atoms with E-state index in [1.54, 1.807) is 14.2 Å². The fourth-order valence-electron chi connectivity index (χ4n) is 2.42. The maximum Gasteiger partial charge on any atom is 0.231 e. The van der Waals surface area contributed by atoms with Crippen LogP contribution < -0.4 is 18.9 Å². The number of ether oxygens (including phenoxy) is 5. The lowest BCUT2D eigenvalue weighted by atomic mass is 10.1. The van der Waals surface area contributed by atoms with Gasteiger partial charge in [-0.15, -0.1) is 0 Å². The Hall–Kier alpha value is -2.11. The van der Waals surface area contributed by atoms with E-state index in [0.717, 1.165) is 5.56 Å². The first-order valence-corrected chi connectivity index (χ1v) is 6.91. The summed E-state index contributed by atoms with van der Waals surface area (Å²) < 4.78 is 27.5. The van der Waals surface area contributed by atoms with Gasteiger partial charge in [-0.1, -0.05) is 13.8 Å². The molecule has 0 N–H and O–H groups in total. The van der Waals surface area contributed by atoms with Gasteiger partial charge in [0.1, 0.15) is 6.61 Å². The summed E-state index contributed by atoms with van der Waals surface area (Å²) in [5.41, 5.74) is 0.724. The van der Waals surface area contributed by atoms with E-state index >= 15 is 0 Å². The minimum absolute atomic E-state index is 0.154. The summed E-state index contributed by atoms with van der Waals surface area (Å²) in [5.74, 6) is 3.19. The van der Waals surface area contributed by atoms with Gasteiger partial charge >= 0.3 is 0 Å². The third kappa shape index (κ3) is 2.24. The zero-order chi connectivity index (χ0) is 15.0. The van der Waals surface area contributed by atoms with Gasteiger partial charge < -0.3 is 23.7 Å². The number of hydrogen-bond acceptors (Lipinski definition) is 6. The van der Waals surface area contributed by atoms with E-state index in [-0.39, 0.29) is 12.8 Å². The van der Waals surface area contributed by atoms with Crippen LogP contribution in [-0.2, 0) is 4.74 Å². The Bertz CT molecular complexity index is 582. The van der Waals surface area contributed by atoms with Crippen molar-refractivity contribution in [1.29, 1.82) is 0 Å². The van der Waals surface area contributed by atoms with Crippen LogP contribution in [0.5, 0.6) is 23.0 Å². The van der Waals surface area contributed by atoms with Crippen molar-refractivity contribution in [3.8, 4) is 23.0 Å². The molecule has 0 saturated carbocycles. The van der Waals surface area contributed by atoms with Crippen molar-refractivity contribution < 1.29 is 23.7 Å². The molecule has 0 aliphatic carbocycles. The molecule has 2 heterocycles. The lowest BCUT2D eigenvalue weighted by Gasteiger charge is -2.14. The van der Waals surface area contributed by atoms with E-state index in [1.807, 2.05) is 6.07 Å². The smallest absolute Gasteiger partial charge is 0.231 e. The number of hydrogen-bond donors (Lipinski definition) is 0. The molecule has 0 spiro atoms. The Morgan fingerprint density at radius 2 is 1.90 bits per heavy atom. The van der Waals surface area contributed by atoms with E-state index in [1.165, 1.54) is 0 Å². The van der Waals surface area contributed by atoms with Crippen LogP contribution in [0.2, 0.25) is 0 Å². The molecule has 6 nitrogen and oxygen atoms in total. The molecule has 1 aromatic carbocycles. The molecule has 0 amide bonds. The maximum atomic E-state index is 5.73. The van der Waals surface area contributed by atoms with Crippen molar-refractivity contribution in [2.75, 3.05) is 27.6 Å². The quantitative estimate of drug-likeness (QED) is 0.852. The number of benzene rings is 1. The van der Waals surface area contributed by atoms with Crippen LogP contribution >= 0.6 is 0 Å². The van der Waals surface area contributed by atoms with Gasteiger partial charge in [0.15, 0.2) is 11.5 Å². The monoisotopic (exact) mass is 293 g/mol. The minimum Gasteiger partial charge on any atom is -0.492 e. The van der Waals surface area contributed by atoms with Crippen molar-refractivity contribution in [3.63, 3.8) is 0 Å². The molecule has 0 unspecified atom stereocenters. The second-order valence-corrected chi connectivity index (χ2v) is 5.28. The Morgan fingerprint density at radius 1 is 1.14 bits per heavy atom. The highest BCUT2D eigenvalue weighted by molar-refractivity contribution is 6.00. The fourth-order valence-corrected chi connectivity index (χ4v) is 2.42. The predicted octanol–water partition coefficient (Wildman–Crippen LogP) is 2.23. The van der Waals surface area contributed by atoms with Gasteiger partial charge in [-0.2, -0.15) is 0 Å². The van der Waals surface area contributed by atoms with Crippen molar-refractivity contribution in [2.45, 2.75) is 19.9 Å². The van der Waals surface area contributed by atoms with Gasteiger partial charge in [0.05, 0.1) is 25.8 Å². The molecule has 0 radical (unpaired) electrons. The Morgan fingerprint density at radius 3 is 2.52 bits per heavy atom. The number of rotatable bonds is 4. The summed E-state index contributed by atoms with van der Waals surface area (Å²) in [4.78, 5) is 4.63. The van der Waals surface area contributed by atoms with Gasteiger partial charge in [-0.3, -0.25) is 0 Å². The van der Waals surface area contributed by atoms with Crippen LogP contribution in [0.4, 0.5) is 0 Å². The lowest BCUT2D eigenvalue weighted by molar-refractivity contribution is 0.170. The molecule has 6 heteroatoms. The van der Waals surface area contributed by atoms with Crippen LogP contribution in [0.1, 0.15) is 19.4 Å². The summed E-state index contributed by atoms with van der Waals surface area (Å²) >= 11 is 0. The molecule has 2 aliphatic heterocycles. The standard InChI is InChI=1S/C15H19NO5/c1-8(2)10-6-19-15(16-10)9-5-11-13(21-7-20-11)14(18-4)12(9)17-3/h5,8,10H,6-7H2,1-4H3/t10-/m1/s1. The number of aliphatic imine (C=N–C) groups is 1. The number of methoxy groups -OCH3 is 2. The SMILES string of the molecule is COc1c(C2=N[C@@H](C(C)C)CO2)cc2c(c1OC)OCO2. The van der Waals surface area contributed by atoms with E-state index in [2.05, 4.69) is 18.8 Å². The zero-order valence-electron chi connectivity index (χ0n) is 12.6. The molecule has 0 aromatic heterocycles. The van der Waals surface area contributed by atoms with Gasteiger partial charge in [0.25, 0.3) is 0 Å². The normalized spacial score (nSPS) is 19.5. The molecule has 2 aliphatic rings. The molecule has 3 rings (SSSR count). The fraction of sp³-hybridized carbons (Fsp3) is 0.533. The van der Waals surface area contributed by atoms with E-state index < -0.39 is 0 Å². The predicted molar refractivity (Wildman–Crippen MR) is 76.8 cm³/mol. The highest BCUT2D eigenvalue weighted by Gasteiger charge is 2.31. The first-order valence-electron chi connectivity index (χ1n) is 6.91. The van der Waals surface area contributed by atoms with Crippen LogP contribution in [0.25, 0.3) is 0 Å². The summed E-state index contributed by atoms with van der Waals surface area (Å²) in [6.45, 7) is 4.99. The Kier molecular flexibility index (Phi) is 3.53. The summed E-state index contributed by atoms with van der Waals surface area (Å²) in [6.07, 6.45) is 0. The second kappa shape index (κ2) is 5.35. The average molecular weight is 293 g/mol. The largest absolute Gasteiger partial charge is 0.492 e. The van der Waals surface area contributed by atoms with Crippen LogP contribution in [0, 0.1) is 5.92 Å². The highest BCUT2D eigenvalue weighted by Crippen LogP contribution is 2.49. The Labute approximate surface area is 123 Å². The number of fused-ring (bicyclic) bond motifs is 1. The molecular formula is C15H19NO5. The van der Waals surface area contributed by atoms with Gasteiger partial charge in [0.2, 0.25) is 24.2 Å². The summed E-state index contributed by atoms with van der Waals surface area (Å²) in [6, 6.07) is 1.98. The molecular weight excluding hydrogens is 274 g/mol. The van der Waals surface area contributed by atoms with Crippen LogP contribution in [-0.4, -0.2) is 39.6 Å². The number of nitrogens with zero attached hydrogens (tertiary/aromatic N) is 1. The van der Waals surface area contributed by atoms with Crippen LogP contribution in [0.3, 0.4) is 0 Å². The maximum absolute atomic E-state index is 5.73. The Balaban J connectivity index is 2.09. The second-order valence-electron chi connectivity index (χ2n) is 5.28. The third-order valence-electron chi connectivity index (χ3n) is 3.66. The molecule has 21 heavy (non-hydrogen) atoms. The van der Waals surface area contributed by atoms with Crippen LogP contribution in [0.15, 0.2) is 11.1 Å². The van der Waals surface area contributed by atoms with Crippen molar-refractivity contribution >= 4 is 5.90 Å². The summed E-state index contributed by atoms with van der Waals surface area (Å²) in [7, 11) is 3.15. The van der Waals surface area contributed by atoms with Gasteiger partial charge in [0, 0.05) is 6.07 Å². The third-order valence-corrected chi connectivity index (χ3v) is 3.66. The minimum atomic E-state index is 0.154. The topological polar surface area (TPSA) is 58.5 Å². The van der Waals surface area contributed by atoms with E-state index in [4.69, 9.17) is 23.7 Å². The lowest BCUT2D eigenvalue weighted by Crippen LogP contribution is -2.13. The molecule has 114 valence electrons. The van der Waals surface area contributed by atoms with Crippen molar-refractivity contribution in [1.82, 2.24) is 0 Å². The molecule has 0 saturated heterocycles. The molecule has 0 bridgehead atoms. The average Bonchev–Trinajstić information content (AvgIpc) is 3.13. The highest BCUT2D eigenvalue weighted by atomic mass is 16.7. The molecule has 1 aromatic rings.